The van der Waals surface area contributed by atoms with Crippen molar-refractivity contribution in [2.75, 3.05) is 19.6 Å². The van der Waals surface area contributed by atoms with Crippen molar-refractivity contribution in [3.63, 3.8) is 0 Å². The number of hydrogen-bond donors (Lipinski definition) is 3. The van der Waals surface area contributed by atoms with Gasteiger partial charge in [-0.15, -0.1) is 0 Å². The van der Waals surface area contributed by atoms with E-state index in [2.05, 4.69) is 4.90 Å². The Labute approximate surface area is 224 Å². The van der Waals surface area contributed by atoms with Gasteiger partial charge in [0.15, 0.2) is 0 Å². The van der Waals surface area contributed by atoms with Crippen LogP contribution in [0.2, 0.25) is 0 Å². The van der Waals surface area contributed by atoms with E-state index in [0.717, 1.165) is 24.0 Å². The van der Waals surface area contributed by atoms with Crippen molar-refractivity contribution in [2.24, 2.45) is 5.92 Å². The van der Waals surface area contributed by atoms with Gasteiger partial charge in [-0.05, 0) is 87.3 Å². The predicted octanol–water partition coefficient (Wildman–Crippen LogP) is 5.51. The van der Waals surface area contributed by atoms with Crippen LogP contribution in [0.3, 0.4) is 0 Å². The first-order valence-corrected chi connectivity index (χ1v) is 12.9. The van der Waals surface area contributed by atoms with Gasteiger partial charge in [0.1, 0.15) is 5.60 Å². The third-order valence-corrected chi connectivity index (χ3v) is 7.74. The summed E-state index contributed by atoms with van der Waals surface area (Å²) in [6.07, 6.45) is -3.37. The highest BCUT2D eigenvalue weighted by Crippen LogP contribution is 2.42. The Morgan fingerprint density at radius 1 is 0.946 bits per heavy atom. The molecule has 1 heterocycles. The Morgan fingerprint density at radius 3 is 1.95 bits per heavy atom. The zero-order chi connectivity index (χ0) is 29.2. The van der Waals surface area contributed by atoms with Crippen LogP contribution in [0.15, 0.2) is 84.9 Å². The summed E-state index contributed by atoms with van der Waals surface area (Å²) >= 11 is 0. The fourth-order valence-corrected chi connectivity index (χ4v) is 5.20. The maximum absolute atomic E-state index is 12.1. The molecular formula is C32H39NO4. The summed E-state index contributed by atoms with van der Waals surface area (Å²) in [5.41, 5.74) is 0.0233. The lowest BCUT2D eigenvalue weighted by Crippen LogP contribution is -2.44. The third-order valence-electron chi connectivity index (χ3n) is 7.74. The van der Waals surface area contributed by atoms with Gasteiger partial charge in [-0.25, -0.2) is 0 Å². The van der Waals surface area contributed by atoms with Gasteiger partial charge in [-0.2, -0.15) is 0 Å². The number of aliphatic carboxylic acids is 1. The molecule has 196 valence electrons. The zero-order valence-electron chi connectivity index (χ0n) is 24.6. The van der Waals surface area contributed by atoms with E-state index in [1.165, 1.54) is 24.3 Å². The number of carboxylic acid groups (broad SMARTS) is 1. The topological polar surface area (TPSA) is 81.0 Å². The van der Waals surface area contributed by atoms with Gasteiger partial charge in [-0.1, -0.05) is 84.9 Å². The zero-order valence-corrected chi connectivity index (χ0v) is 21.6. The average Bonchev–Trinajstić information content (AvgIpc) is 2.96. The number of carbonyl (C=O) groups is 1. The monoisotopic (exact) mass is 504 g/mol. The van der Waals surface area contributed by atoms with E-state index in [0.29, 0.717) is 25.2 Å². The normalized spacial score (nSPS) is 18.9. The van der Waals surface area contributed by atoms with E-state index in [4.69, 9.17) is 4.11 Å². The molecule has 0 aromatic heterocycles. The van der Waals surface area contributed by atoms with Crippen molar-refractivity contribution >= 4 is 5.97 Å². The van der Waals surface area contributed by atoms with Crippen LogP contribution in [-0.2, 0) is 15.8 Å². The van der Waals surface area contributed by atoms with Crippen LogP contribution in [0, 0.1) is 5.92 Å². The summed E-state index contributed by atoms with van der Waals surface area (Å²) in [4.78, 5) is 13.7. The fourth-order valence-electron chi connectivity index (χ4n) is 5.20. The van der Waals surface area contributed by atoms with Crippen molar-refractivity contribution in [3.05, 3.63) is 107 Å². The molecule has 1 unspecified atom stereocenters. The molecule has 3 N–H and O–H groups in total. The standard InChI is InChI=1S/C32H39NO4/c1-31(2,30(35)36)25-17-15-24(16-18-25)29(34)14-9-21-33-22-19-28(20-23-33)32(37,26-10-5-3-6-11-26)27-12-7-4-8-13-27/h3-8,10-13,15-18,28-29,34,37H,9,14,19-23H2,1-2H3,(H,35,36)/i14D2,29D. The molecule has 4 rings (SSSR count). The van der Waals surface area contributed by atoms with E-state index in [1.807, 2.05) is 60.7 Å². The first kappa shape index (κ1) is 23.2. The van der Waals surface area contributed by atoms with Crippen LogP contribution in [-0.4, -0.2) is 45.8 Å². The average molecular weight is 505 g/mol. The van der Waals surface area contributed by atoms with Gasteiger partial charge in [-0.3, -0.25) is 4.79 Å². The molecule has 0 aliphatic carbocycles. The Kier molecular flexibility index (Phi) is 7.25. The third kappa shape index (κ3) is 5.96. The Hall–Kier alpha value is -2.99. The van der Waals surface area contributed by atoms with E-state index < -0.39 is 29.4 Å². The number of piperidine rings is 1. The van der Waals surface area contributed by atoms with Crippen LogP contribution < -0.4 is 0 Å². The van der Waals surface area contributed by atoms with Crippen LogP contribution in [0.25, 0.3) is 0 Å². The number of hydrogen-bond acceptors (Lipinski definition) is 4. The van der Waals surface area contributed by atoms with E-state index in [1.54, 1.807) is 13.8 Å². The molecular weight excluding hydrogens is 462 g/mol. The van der Waals surface area contributed by atoms with Crippen LogP contribution >= 0.6 is 0 Å². The minimum absolute atomic E-state index is 0.0213. The van der Waals surface area contributed by atoms with E-state index in [-0.39, 0.29) is 17.9 Å². The number of aliphatic hydroxyl groups is 2. The summed E-state index contributed by atoms with van der Waals surface area (Å²) in [6, 6.07) is 25.4. The lowest BCUT2D eigenvalue weighted by Gasteiger charge is -2.42. The second-order valence-electron chi connectivity index (χ2n) is 10.4. The summed E-state index contributed by atoms with van der Waals surface area (Å²) in [6.45, 7) is 4.83. The second-order valence-corrected chi connectivity index (χ2v) is 10.4. The molecule has 0 amide bonds. The van der Waals surface area contributed by atoms with Crippen molar-refractivity contribution in [1.29, 1.82) is 0 Å². The summed E-state index contributed by atoms with van der Waals surface area (Å²) in [5.74, 6) is -1.02. The first-order valence-electron chi connectivity index (χ1n) is 14.4. The fraction of sp³-hybridized carbons (Fsp3) is 0.406. The van der Waals surface area contributed by atoms with Gasteiger partial charge < -0.3 is 20.2 Å². The molecule has 1 atom stereocenters. The van der Waals surface area contributed by atoms with Gasteiger partial charge in [0, 0.05) is 2.74 Å². The van der Waals surface area contributed by atoms with Crippen molar-refractivity contribution in [1.82, 2.24) is 4.90 Å². The summed E-state index contributed by atoms with van der Waals surface area (Å²) in [7, 11) is 0. The maximum atomic E-state index is 12.1. The molecule has 0 saturated carbocycles. The highest BCUT2D eigenvalue weighted by molar-refractivity contribution is 5.80. The van der Waals surface area contributed by atoms with Crippen molar-refractivity contribution in [2.45, 2.75) is 56.6 Å². The molecule has 5 nitrogen and oxygen atoms in total. The lowest BCUT2D eigenvalue weighted by molar-refractivity contribution is -0.142. The van der Waals surface area contributed by atoms with Gasteiger partial charge in [0.25, 0.3) is 0 Å². The van der Waals surface area contributed by atoms with Gasteiger partial charge in [0.05, 0.1) is 12.9 Å². The molecule has 1 fully saturated rings. The van der Waals surface area contributed by atoms with Gasteiger partial charge >= 0.3 is 5.97 Å². The molecule has 1 aliphatic heterocycles. The molecule has 3 aromatic carbocycles. The summed E-state index contributed by atoms with van der Waals surface area (Å²) < 4.78 is 25.6. The summed E-state index contributed by atoms with van der Waals surface area (Å²) in [5, 5.41) is 32.5. The molecule has 37 heavy (non-hydrogen) atoms. The number of rotatable bonds is 10. The Balaban J connectivity index is 1.42. The van der Waals surface area contributed by atoms with E-state index >= 15 is 0 Å². The SMILES string of the molecule is [2H]C([2H])(CCN1CCC(C(O)(c2ccccc2)c2ccccc2)CC1)C([2H])(O)c1ccc(C(C)(C)C(=O)O)cc1. The highest BCUT2D eigenvalue weighted by atomic mass is 16.4. The maximum Gasteiger partial charge on any atom is 0.313 e. The second kappa shape index (κ2) is 11.6. The first-order chi connectivity index (χ1) is 18.8. The molecule has 1 aliphatic rings. The van der Waals surface area contributed by atoms with Crippen molar-refractivity contribution < 1.29 is 24.2 Å². The highest BCUT2D eigenvalue weighted by Gasteiger charge is 2.41. The number of nitrogens with zero attached hydrogens (tertiary/aromatic N) is 1. The molecule has 1 saturated heterocycles. The van der Waals surface area contributed by atoms with Crippen molar-refractivity contribution in [3.8, 4) is 0 Å². The quantitative estimate of drug-likeness (QED) is 0.339. The molecule has 5 heteroatoms. The minimum Gasteiger partial charge on any atom is -0.481 e. The van der Waals surface area contributed by atoms with Gasteiger partial charge in [0.2, 0.25) is 0 Å². The number of likely N-dealkylation sites (tertiary alicyclic amines) is 1. The van der Waals surface area contributed by atoms with Crippen LogP contribution in [0.4, 0.5) is 0 Å². The molecule has 3 aromatic rings. The molecule has 0 radical (unpaired) electrons. The number of carboxylic acids is 1. The largest absolute Gasteiger partial charge is 0.481 e. The number of benzene rings is 3. The van der Waals surface area contributed by atoms with Crippen LogP contribution in [0.1, 0.15) is 71.9 Å². The Morgan fingerprint density at radius 2 is 1.46 bits per heavy atom. The molecule has 0 spiro atoms. The minimum atomic E-state index is -2.50. The Bertz CT molecular complexity index is 1230. The van der Waals surface area contributed by atoms with Crippen LogP contribution in [0.5, 0.6) is 0 Å². The smallest absolute Gasteiger partial charge is 0.313 e. The lowest BCUT2D eigenvalue weighted by atomic mass is 9.72. The van der Waals surface area contributed by atoms with E-state index in [9.17, 15) is 20.1 Å². The molecule has 0 bridgehead atoms. The predicted molar refractivity (Wildman–Crippen MR) is 146 cm³/mol.